The van der Waals surface area contributed by atoms with Crippen LogP contribution in [0.1, 0.15) is 12.8 Å². The van der Waals surface area contributed by atoms with E-state index in [-0.39, 0.29) is 19.1 Å². The van der Waals surface area contributed by atoms with Crippen molar-refractivity contribution in [2.45, 2.75) is 18.4 Å². The molecule has 1 amide bonds. The molecule has 1 aliphatic rings. The van der Waals surface area contributed by atoms with Gasteiger partial charge in [-0.1, -0.05) is 15.9 Å². The van der Waals surface area contributed by atoms with Gasteiger partial charge in [0.1, 0.15) is 5.75 Å². The number of hydrogen-bond acceptors (Lipinski definition) is 4. The van der Waals surface area contributed by atoms with Crippen molar-refractivity contribution in [2.24, 2.45) is 0 Å². The van der Waals surface area contributed by atoms with Crippen molar-refractivity contribution >= 4 is 21.8 Å². The fraction of sp³-hybridized carbons (Fsp3) is 0.500. The molecule has 1 aliphatic heterocycles. The highest BCUT2D eigenvalue weighted by Crippen LogP contribution is 2.19. The molecule has 1 aromatic rings. The third kappa shape index (κ3) is 4.77. The van der Waals surface area contributed by atoms with Gasteiger partial charge in [-0.3, -0.25) is 4.79 Å². The Morgan fingerprint density at radius 3 is 2.65 bits per heavy atom. The van der Waals surface area contributed by atoms with E-state index in [4.69, 9.17) is 9.47 Å². The first-order chi connectivity index (χ1) is 9.57. The Bertz CT molecular complexity index is 443. The highest BCUT2D eigenvalue weighted by atomic mass is 79.9. The molecule has 2 rings (SSSR count). The van der Waals surface area contributed by atoms with E-state index < -0.39 is 5.60 Å². The van der Waals surface area contributed by atoms with Crippen molar-refractivity contribution in [2.75, 3.05) is 26.4 Å². The van der Waals surface area contributed by atoms with Crippen molar-refractivity contribution in [3.05, 3.63) is 28.7 Å². The summed E-state index contributed by atoms with van der Waals surface area (Å²) in [6.45, 7) is 1.23. The fourth-order valence-electron chi connectivity index (χ4n) is 1.92. The normalized spacial score (nSPS) is 17.5. The molecule has 0 aromatic heterocycles. The second-order valence-electron chi connectivity index (χ2n) is 4.86. The average molecular weight is 344 g/mol. The van der Waals surface area contributed by atoms with Gasteiger partial charge in [-0.05, 0) is 24.3 Å². The number of rotatable bonds is 5. The van der Waals surface area contributed by atoms with Crippen LogP contribution in [-0.4, -0.2) is 43.0 Å². The number of ether oxygens (including phenoxy) is 2. The first kappa shape index (κ1) is 15.3. The Balaban J connectivity index is 1.71. The highest BCUT2D eigenvalue weighted by Gasteiger charge is 2.30. The Kier molecular flexibility index (Phi) is 5.39. The van der Waals surface area contributed by atoms with Crippen LogP contribution in [0.4, 0.5) is 0 Å². The summed E-state index contributed by atoms with van der Waals surface area (Å²) in [5.74, 6) is 0.390. The highest BCUT2D eigenvalue weighted by molar-refractivity contribution is 9.10. The van der Waals surface area contributed by atoms with E-state index in [2.05, 4.69) is 21.2 Å². The Morgan fingerprint density at radius 2 is 2.00 bits per heavy atom. The molecule has 0 atom stereocenters. The Labute approximate surface area is 126 Å². The minimum Gasteiger partial charge on any atom is -0.484 e. The molecule has 6 heteroatoms. The van der Waals surface area contributed by atoms with E-state index in [0.717, 1.165) is 4.47 Å². The zero-order chi connectivity index (χ0) is 14.4. The molecule has 0 unspecified atom stereocenters. The minimum absolute atomic E-state index is 0.0613. The van der Waals surface area contributed by atoms with Crippen LogP contribution in [0, 0.1) is 0 Å². The van der Waals surface area contributed by atoms with Gasteiger partial charge >= 0.3 is 0 Å². The number of aliphatic hydroxyl groups is 1. The lowest BCUT2D eigenvalue weighted by atomic mass is 9.94. The van der Waals surface area contributed by atoms with E-state index >= 15 is 0 Å². The molecule has 5 nitrogen and oxygen atoms in total. The van der Waals surface area contributed by atoms with Gasteiger partial charge in [-0.15, -0.1) is 0 Å². The number of benzene rings is 1. The SMILES string of the molecule is O=C(COc1ccc(Br)cc1)NCC1(O)CCOCC1. The van der Waals surface area contributed by atoms with Crippen LogP contribution in [0.15, 0.2) is 28.7 Å². The molecule has 0 bridgehead atoms. The molecule has 1 saturated heterocycles. The van der Waals surface area contributed by atoms with Crippen molar-refractivity contribution in [1.82, 2.24) is 5.32 Å². The summed E-state index contributed by atoms with van der Waals surface area (Å²) < 4.78 is 11.5. The number of hydrogen-bond donors (Lipinski definition) is 2. The molecule has 110 valence electrons. The van der Waals surface area contributed by atoms with Crippen LogP contribution in [0.5, 0.6) is 5.75 Å². The summed E-state index contributed by atoms with van der Waals surface area (Å²) in [5.41, 5.74) is -0.856. The molecule has 0 saturated carbocycles. The first-order valence-corrected chi connectivity index (χ1v) is 7.32. The summed E-state index contributed by atoms with van der Waals surface area (Å²) in [5, 5.41) is 12.9. The molecule has 20 heavy (non-hydrogen) atoms. The molecular weight excluding hydrogens is 326 g/mol. The second kappa shape index (κ2) is 7.06. The number of amides is 1. The number of carbonyl (C=O) groups is 1. The van der Waals surface area contributed by atoms with Crippen molar-refractivity contribution in [3.8, 4) is 5.75 Å². The lowest BCUT2D eigenvalue weighted by molar-refractivity contribution is -0.125. The standard InChI is InChI=1S/C14H18BrNO4/c15-11-1-3-12(4-2-11)20-9-13(17)16-10-14(18)5-7-19-8-6-14/h1-4,18H,5-10H2,(H,16,17). The van der Waals surface area contributed by atoms with E-state index in [9.17, 15) is 9.90 Å². The van der Waals surface area contributed by atoms with Crippen LogP contribution in [-0.2, 0) is 9.53 Å². The van der Waals surface area contributed by atoms with Gasteiger partial charge in [0.05, 0.1) is 5.60 Å². The van der Waals surface area contributed by atoms with Crippen LogP contribution in [0.25, 0.3) is 0 Å². The zero-order valence-electron chi connectivity index (χ0n) is 11.1. The van der Waals surface area contributed by atoms with Crippen molar-refractivity contribution in [3.63, 3.8) is 0 Å². The topological polar surface area (TPSA) is 67.8 Å². The van der Waals surface area contributed by atoms with Crippen molar-refractivity contribution < 1.29 is 19.4 Å². The predicted octanol–water partition coefficient (Wildman–Crippen LogP) is 1.49. The Hall–Kier alpha value is -1.11. The zero-order valence-corrected chi connectivity index (χ0v) is 12.7. The van der Waals surface area contributed by atoms with Crippen LogP contribution in [0.2, 0.25) is 0 Å². The lowest BCUT2D eigenvalue weighted by Crippen LogP contribution is -2.47. The molecule has 1 fully saturated rings. The third-order valence-electron chi connectivity index (χ3n) is 3.22. The lowest BCUT2D eigenvalue weighted by Gasteiger charge is -2.32. The van der Waals surface area contributed by atoms with Crippen LogP contribution in [0.3, 0.4) is 0 Å². The summed E-state index contributed by atoms with van der Waals surface area (Å²) >= 11 is 3.33. The molecule has 0 spiro atoms. The number of carbonyl (C=O) groups excluding carboxylic acids is 1. The van der Waals surface area contributed by atoms with Crippen LogP contribution < -0.4 is 10.1 Å². The summed E-state index contributed by atoms with van der Waals surface area (Å²) in [6.07, 6.45) is 1.09. The number of nitrogens with one attached hydrogen (secondary N) is 1. The smallest absolute Gasteiger partial charge is 0.258 e. The van der Waals surface area contributed by atoms with Gasteiger partial charge in [0, 0.05) is 37.1 Å². The van der Waals surface area contributed by atoms with E-state index in [1.54, 1.807) is 12.1 Å². The molecule has 0 radical (unpaired) electrons. The molecular formula is C14H18BrNO4. The molecule has 1 heterocycles. The quantitative estimate of drug-likeness (QED) is 0.849. The average Bonchev–Trinajstić information content (AvgIpc) is 2.45. The largest absolute Gasteiger partial charge is 0.484 e. The van der Waals surface area contributed by atoms with Gasteiger partial charge < -0.3 is 19.9 Å². The maximum absolute atomic E-state index is 11.7. The minimum atomic E-state index is -0.856. The van der Waals surface area contributed by atoms with E-state index in [1.165, 1.54) is 0 Å². The van der Waals surface area contributed by atoms with Crippen molar-refractivity contribution in [1.29, 1.82) is 0 Å². The summed E-state index contributed by atoms with van der Waals surface area (Å²) in [4.78, 5) is 11.7. The summed E-state index contributed by atoms with van der Waals surface area (Å²) in [7, 11) is 0. The fourth-order valence-corrected chi connectivity index (χ4v) is 2.19. The first-order valence-electron chi connectivity index (χ1n) is 6.53. The number of halogens is 1. The summed E-state index contributed by atoms with van der Waals surface area (Å²) in [6, 6.07) is 7.25. The third-order valence-corrected chi connectivity index (χ3v) is 3.75. The maximum atomic E-state index is 11.7. The van der Waals surface area contributed by atoms with Gasteiger partial charge in [-0.25, -0.2) is 0 Å². The Morgan fingerprint density at radius 1 is 1.35 bits per heavy atom. The predicted molar refractivity (Wildman–Crippen MR) is 77.6 cm³/mol. The monoisotopic (exact) mass is 343 g/mol. The van der Waals surface area contributed by atoms with E-state index in [1.807, 2.05) is 12.1 Å². The second-order valence-corrected chi connectivity index (χ2v) is 5.77. The molecule has 1 aromatic carbocycles. The van der Waals surface area contributed by atoms with Crippen LogP contribution >= 0.6 is 15.9 Å². The molecule has 0 aliphatic carbocycles. The van der Waals surface area contributed by atoms with Gasteiger partial charge in [-0.2, -0.15) is 0 Å². The van der Waals surface area contributed by atoms with Gasteiger partial charge in [0.25, 0.3) is 5.91 Å². The maximum Gasteiger partial charge on any atom is 0.258 e. The van der Waals surface area contributed by atoms with Gasteiger partial charge in [0.2, 0.25) is 0 Å². The van der Waals surface area contributed by atoms with E-state index in [0.29, 0.717) is 31.8 Å². The molecule has 2 N–H and O–H groups in total. The van der Waals surface area contributed by atoms with Gasteiger partial charge in [0.15, 0.2) is 6.61 Å².